The molecule has 0 heterocycles. The lowest BCUT2D eigenvalue weighted by Crippen LogP contribution is -2.21. The van der Waals surface area contributed by atoms with Crippen LogP contribution in [0.1, 0.15) is 12.5 Å². The molecule has 1 aromatic carbocycles. The first-order chi connectivity index (χ1) is 10.2. The van der Waals surface area contributed by atoms with Gasteiger partial charge in [-0.15, -0.1) is 0 Å². The summed E-state index contributed by atoms with van der Waals surface area (Å²) in [5.41, 5.74) is 0.824. The Hall–Kier alpha value is -2.11. The summed E-state index contributed by atoms with van der Waals surface area (Å²) in [7, 11) is 3.05. The van der Waals surface area contributed by atoms with E-state index in [2.05, 4.69) is 6.58 Å². The van der Waals surface area contributed by atoms with E-state index in [1.165, 1.54) is 20.3 Å². The summed E-state index contributed by atoms with van der Waals surface area (Å²) in [4.78, 5) is 10.3. The van der Waals surface area contributed by atoms with Crippen LogP contribution in [0.3, 0.4) is 0 Å². The van der Waals surface area contributed by atoms with Crippen molar-refractivity contribution in [3.05, 3.63) is 42.2 Å². The van der Waals surface area contributed by atoms with Crippen LogP contribution in [-0.4, -0.2) is 33.4 Å². The second-order valence-electron chi connectivity index (χ2n) is 4.00. The van der Waals surface area contributed by atoms with Crippen molar-refractivity contribution in [2.24, 2.45) is 0 Å². The van der Waals surface area contributed by atoms with Gasteiger partial charge in [0.2, 0.25) is 6.29 Å². The summed E-state index contributed by atoms with van der Waals surface area (Å²) in [6.45, 7) is 6.13. The molecule has 0 aromatic heterocycles. The Bertz CT molecular complexity index is 507. The van der Waals surface area contributed by atoms with Gasteiger partial charge in [-0.1, -0.05) is 18.7 Å². The summed E-state index contributed by atoms with van der Waals surface area (Å²) >= 11 is 0. The maximum Gasteiger partial charge on any atom is 0.216 e. The van der Waals surface area contributed by atoms with Crippen molar-refractivity contribution in [1.82, 2.24) is 0 Å². The van der Waals surface area contributed by atoms with E-state index in [9.17, 15) is 4.79 Å². The fraction of sp³-hybridized carbons (Fsp3) is 0.312. The first kappa shape index (κ1) is 16.9. The first-order valence-corrected chi connectivity index (χ1v) is 6.47. The van der Waals surface area contributed by atoms with Crippen molar-refractivity contribution in [1.29, 1.82) is 0 Å². The highest BCUT2D eigenvalue weighted by molar-refractivity contribution is 5.74. The predicted molar refractivity (Wildman–Crippen MR) is 80.3 cm³/mol. The highest BCUT2D eigenvalue weighted by Gasteiger charge is 2.15. The summed E-state index contributed by atoms with van der Waals surface area (Å²) in [6.07, 6.45) is 3.15. The molecular formula is C16H20O5. The fourth-order valence-electron chi connectivity index (χ4n) is 1.66. The molecule has 1 atom stereocenters. The molecule has 1 rings (SSSR count). The van der Waals surface area contributed by atoms with Crippen LogP contribution in [0, 0.1) is 0 Å². The summed E-state index contributed by atoms with van der Waals surface area (Å²) < 4.78 is 21.4. The summed E-state index contributed by atoms with van der Waals surface area (Å²) in [5.74, 6) is 1.34. The van der Waals surface area contributed by atoms with E-state index >= 15 is 0 Å². The third-order valence-corrected chi connectivity index (χ3v) is 2.59. The molecule has 0 N–H and O–H groups in total. The molecule has 1 aromatic rings. The Kier molecular flexibility index (Phi) is 7.21. The molecule has 0 saturated carbocycles. The van der Waals surface area contributed by atoms with Crippen LogP contribution in [0.5, 0.6) is 11.5 Å². The number of methoxy groups -OCH3 is 2. The minimum absolute atomic E-state index is 0.328. The van der Waals surface area contributed by atoms with Crippen LogP contribution < -0.4 is 9.47 Å². The van der Waals surface area contributed by atoms with Crippen LogP contribution in [0.2, 0.25) is 0 Å². The van der Waals surface area contributed by atoms with Crippen molar-refractivity contribution >= 4 is 12.4 Å². The van der Waals surface area contributed by atoms with Crippen molar-refractivity contribution in [2.45, 2.75) is 13.2 Å². The van der Waals surface area contributed by atoms with Crippen LogP contribution in [0.4, 0.5) is 0 Å². The van der Waals surface area contributed by atoms with Gasteiger partial charge < -0.3 is 18.9 Å². The molecule has 0 amide bonds. The number of carbonyl (C=O) groups excluding carboxylic acids is 1. The van der Waals surface area contributed by atoms with Crippen molar-refractivity contribution in [3.8, 4) is 11.5 Å². The van der Waals surface area contributed by atoms with Crippen LogP contribution in [-0.2, 0) is 14.3 Å². The Morgan fingerprint density at radius 1 is 1.33 bits per heavy atom. The van der Waals surface area contributed by atoms with E-state index in [0.717, 1.165) is 5.56 Å². The molecule has 0 saturated heterocycles. The Labute approximate surface area is 124 Å². The summed E-state index contributed by atoms with van der Waals surface area (Å²) in [5, 5.41) is 0. The Balaban J connectivity index is 2.89. The van der Waals surface area contributed by atoms with E-state index in [4.69, 9.17) is 18.9 Å². The Morgan fingerprint density at radius 2 is 2.10 bits per heavy atom. The molecule has 0 aliphatic carbocycles. The summed E-state index contributed by atoms with van der Waals surface area (Å²) in [6, 6.07) is 5.28. The van der Waals surface area contributed by atoms with Gasteiger partial charge in [-0.05, 0) is 30.7 Å². The monoisotopic (exact) mass is 292 g/mol. The standard InChI is InChI=1S/C16H20O5/c1-5-20-16(19-4)12(2)21-14-9-8-13(7-6-10-17)11-15(14)18-3/h6-11,16H,2,5H2,1,3-4H3/b7-6+/t16-/m0/s1. The first-order valence-electron chi connectivity index (χ1n) is 6.47. The van der Waals surface area contributed by atoms with E-state index in [1.54, 1.807) is 24.3 Å². The van der Waals surface area contributed by atoms with Crippen LogP contribution in [0.25, 0.3) is 6.08 Å². The van der Waals surface area contributed by atoms with Gasteiger partial charge in [0, 0.05) is 13.7 Å². The highest BCUT2D eigenvalue weighted by atomic mass is 16.7. The number of aldehydes is 1. The number of hydrogen-bond acceptors (Lipinski definition) is 5. The van der Waals surface area contributed by atoms with Gasteiger partial charge in [-0.2, -0.15) is 0 Å². The number of allylic oxidation sites excluding steroid dienone is 1. The normalized spacial score (nSPS) is 12.1. The number of ether oxygens (including phenoxy) is 4. The van der Waals surface area contributed by atoms with E-state index in [0.29, 0.717) is 30.2 Å². The SMILES string of the molecule is C=C(Oc1ccc(/C=C/C=O)cc1OC)[C@@H](OC)OCC. The molecule has 0 spiro atoms. The molecule has 0 bridgehead atoms. The lowest BCUT2D eigenvalue weighted by atomic mass is 10.2. The van der Waals surface area contributed by atoms with E-state index < -0.39 is 6.29 Å². The predicted octanol–water partition coefficient (Wildman–Crippen LogP) is 2.81. The average molecular weight is 292 g/mol. The van der Waals surface area contributed by atoms with E-state index in [-0.39, 0.29) is 0 Å². The van der Waals surface area contributed by atoms with Gasteiger partial charge in [-0.25, -0.2) is 0 Å². The number of hydrogen-bond donors (Lipinski definition) is 0. The molecule has 21 heavy (non-hydrogen) atoms. The van der Waals surface area contributed by atoms with Gasteiger partial charge in [0.05, 0.1) is 7.11 Å². The number of benzene rings is 1. The quantitative estimate of drug-likeness (QED) is 0.303. The maximum atomic E-state index is 10.3. The zero-order valence-electron chi connectivity index (χ0n) is 12.5. The van der Waals surface area contributed by atoms with Crippen molar-refractivity contribution in [2.75, 3.05) is 20.8 Å². The molecule has 0 aliphatic rings. The molecule has 0 radical (unpaired) electrons. The molecule has 0 aliphatic heterocycles. The highest BCUT2D eigenvalue weighted by Crippen LogP contribution is 2.30. The van der Waals surface area contributed by atoms with Crippen LogP contribution in [0.15, 0.2) is 36.6 Å². The third kappa shape index (κ3) is 5.06. The molecule has 0 unspecified atom stereocenters. The van der Waals surface area contributed by atoms with Gasteiger partial charge in [0.1, 0.15) is 6.29 Å². The number of rotatable bonds is 9. The Morgan fingerprint density at radius 3 is 2.67 bits per heavy atom. The van der Waals surface area contributed by atoms with E-state index in [1.807, 2.05) is 6.92 Å². The van der Waals surface area contributed by atoms with Gasteiger partial charge in [-0.3, -0.25) is 4.79 Å². The maximum absolute atomic E-state index is 10.3. The molecular weight excluding hydrogens is 272 g/mol. The molecule has 5 nitrogen and oxygen atoms in total. The fourth-order valence-corrected chi connectivity index (χ4v) is 1.66. The molecule has 5 heteroatoms. The lowest BCUT2D eigenvalue weighted by Gasteiger charge is -2.19. The lowest BCUT2D eigenvalue weighted by molar-refractivity contribution is -0.110. The van der Waals surface area contributed by atoms with Crippen LogP contribution >= 0.6 is 0 Å². The zero-order chi connectivity index (χ0) is 15.7. The molecule has 114 valence electrons. The molecule has 0 fully saturated rings. The van der Waals surface area contributed by atoms with Crippen molar-refractivity contribution < 1.29 is 23.7 Å². The average Bonchev–Trinajstić information content (AvgIpc) is 2.51. The second-order valence-corrected chi connectivity index (χ2v) is 4.00. The number of carbonyl (C=O) groups is 1. The van der Waals surface area contributed by atoms with Crippen molar-refractivity contribution in [3.63, 3.8) is 0 Å². The van der Waals surface area contributed by atoms with Gasteiger partial charge in [0.25, 0.3) is 0 Å². The third-order valence-electron chi connectivity index (χ3n) is 2.59. The second kappa shape index (κ2) is 8.94. The zero-order valence-corrected chi connectivity index (χ0v) is 12.5. The topological polar surface area (TPSA) is 54.0 Å². The van der Waals surface area contributed by atoms with Gasteiger partial charge >= 0.3 is 0 Å². The largest absolute Gasteiger partial charge is 0.493 e. The van der Waals surface area contributed by atoms with Gasteiger partial charge in [0.15, 0.2) is 17.3 Å². The smallest absolute Gasteiger partial charge is 0.216 e. The minimum atomic E-state index is -0.644. The minimum Gasteiger partial charge on any atom is -0.493 e.